The lowest BCUT2D eigenvalue weighted by Gasteiger charge is -2.13. The molecule has 0 N–H and O–H groups in total. The third-order valence-corrected chi connectivity index (χ3v) is 4.08. The molecule has 0 aliphatic rings. The SMILES string of the molecule is CCC(=O)c1ccc(-c2noc(-c3ccc(OCC[18F])c(C(F)(F)F)c3)n2)cc1. The van der Waals surface area contributed by atoms with Crippen LogP contribution in [0.25, 0.3) is 22.8 Å². The lowest BCUT2D eigenvalue weighted by molar-refractivity contribution is -0.138. The zero-order chi connectivity index (χ0) is 21.0. The quantitative estimate of drug-likeness (QED) is 0.390. The minimum absolute atomic E-state index is 0.0138. The Labute approximate surface area is 163 Å². The van der Waals surface area contributed by atoms with Crippen LogP contribution in [0.4, 0.5) is 17.6 Å². The molecule has 0 aliphatic heterocycles. The first-order valence-electron chi connectivity index (χ1n) is 8.71. The molecule has 0 spiro atoms. The number of hydrogen-bond donors (Lipinski definition) is 0. The van der Waals surface area contributed by atoms with E-state index in [4.69, 9.17) is 9.26 Å². The second-order valence-corrected chi connectivity index (χ2v) is 6.02. The monoisotopic (exact) mass is 407 g/mol. The third kappa shape index (κ3) is 4.61. The molecule has 0 saturated heterocycles. The number of nitrogens with zero attached hydrogens (tertiary/aromatic N) is 2. The van der Waals surface area contributed by atoms with Crippen molar-refractivity contribution in [3.63, 3.8) is 0 Å². The van der Waals surface area contributed by atoms with Crippen LogP contribution in [-0.4, -0.2) is 29.2 Å². The summed E-state index contributed by atoms with van der Waals surface area (Å²) in [6.07, 6.45) is -4.33. The molecule has 0 bridgehead atoms. The van der Waals surface area contributed by atoms with Crippen LogP contribution in [0.15, 0.2) is 47.0 Å². The van der Waals surface area contributed by atoms with Gasteiger partial charge < -0.3 is 9.26 Å². The van der Waals surface area contributed by atoms with Crippen LogP contribution in [0.3, 0.4) is 0 Å². The zero-order valence-electron chi connectivity index (χ0n) is 15.3. The lowest BCUT2D eigenvalue weighted by atomic mass is 10.1. The number of alkyl halides is 4. The van der Waals surface area contributed by atoms with E-state index in [0.29, 0.717) is 17.5 Å². The van der Waals surface area contributed by atoms with Crippen molar-refractivity contribution in [1.29, 1.82) is 0 Å². The molecular weight excluding hydrogens is 391 g/mol. The number of benzene rings is 2. The standard InChI is InChI=1S/C20H16F4N2O3/c1-2-16(27)12-3-5-13(6-4-12)18-25-19(29-26-18)14-7-8-17(28-10-9-21)15(11-14)20(22,23)24/h3-8,11H,2,9-10H2,1H3/i21-1. The molecular formula is C20H16F4N2O3. The molecule has 0 fully saturated rings. The highest BCUT2D eigenvalue weighted by molar-refractivity contribution is 5.96. The molecule has 1 aromatic heterocycles. The van der Waals surface area contributed by atoms with Crippen LogP contribution in [0.5, 0.6) is 5.75 Å². The van der Waals surface area contributed by atoms with E-state index in [-0.39, 0.29) is 23.1 Å². The molecule has 3 rings (SSSR count). The largest absolute Gasteiger partial charge is 0.490 e. The molecule has 2 aromatic carbocycles. The summed E-state index contributed by atoms with van der Waals surface area (Å²) in [5.74, 6) is -0.437. The molecule has 0 atom stereocenters. The number of hydrogen-bond acceptors (Lipinski definition) is 5. The highest BCUT2D eigenvalue weighted by atomic mass is 19.4. The van der Waals surface area contributed by atoms with Crippen LogP contribution >= 0.6 is 0 Å². The lowest BCUT2D eigenvalue weighted by Crippen LogP contribution is -2.10. The average Bonchev–Trinajstić information content (AvgIpc) is 3.21. The van der Waals surface area contributed by atoms with E-state index in [0.717, 1.165) is 12.1 Å². The Balaban J connectivity index is 1.90. The number of carbonyl (C=O) groups is 1. The molecule has 0 aliphatic carbocycles. The van der Waals surface area contributed by atoms with Crippen molar-refractivity contribution in [3.8, 4) is 28.6 Å². The van der Waals surface area contributed by atoms with Gasteiger partial charge in [-0.25, -0.2) is 4.39 Å². The smallest absolute Gasteiger partial charge is 0.419 e. The van der Waals surface area contributed by atoms with Crippen LogP contribution in [0.2, 0.25) is 0 Å². The maximum Gasteiger partial charge on any atom is 0.419 e. The van der Waals surface area contributed by atoms with Crippen molar-refractivity contribution >= 4 is 5.78 Å². The summed E-state index contributed by atoms with van der Waals surface area (Å²) in [7, 11) is 0. The fourth-order valence-electron chi connectivity index (χ4n) is 2.63. The van der Waals surface area contributed by atoms with Crippen molar-refractivity contribution in [2.75, 3.05) is 13.3 Å². The summed E-state index contributed by atoms with van der Waals surface area (Å²) in [5, 5.41) is 3.79. The summed E-state index contributed by atoms with van der Waals surface area (Å²) in [4.78, 5) is 15.8. The van der Waals surface area contributed by atoms with Gasteiger partial charge in [0.2, 0.25) is 5.82 Å². The number of aromatic nitrogens is 2. The topological polar surface area (TPSA) is 65.2 Å². The van der Waals surface area contributed by atoms with Gasteiger partial charge in [0.05, 0.1) is 5.56 Å². The first-order valence-corrected chi connectivity index (χ1v) is 8.71. The second-order valence-electron chi connectivity index (χ2n) is 6.02. The van der Waals surface area contributed by atoms with Crippen molar-refractivity contribution in [3.05, 3.63) is 53.6 Å². The Morgan fingerprint density at radius 1 is 1.10 bits per heavy atom. The van der Waals surface area contributed by atoms with Crippen molar-refractivity contribution in [2.24, 2.45) is 0 Å². The van der Waals surface area contributed by atoms with Crippen LogP contribution in [-0.2, 0) is 6.18 Å². The predicted molar refractivity (Wildman–Crippen MR) is 96.3 cm³/mol. The van der Waals surface area contributed by atoms with Crippen molar-refractivity contribution in [1.82, 2.24) is 10.1 Å². The maximum atomic E-state index is 13.3. The minimum Gasteiger partial charge on any atom is -0.490 e. The molecule has 3 aromatic rings. The number of halogens is 4. The molecule has 0 radical (unpaired) electrons. The van der Waals surface area contributed by atoms with Crippen molar-refractivity contribution in [2.45, 2.75) is 19.5 Å². The van der Waals surface area contributed by atoms with E-state index < -0.39 is 30.8 Å². The Hall–Kier alpha value is -3.23. The van der Waals surface area contributed by atoms with E-state index in [1.54, 1.807) is 31.2 Å². The van der Waals surface area contributed by atoms with Crippen LogP contribution in [0, 0.1) is 0 Å². The molecule has 1 heterocycles. The highest BCUT2D eigenvalue weighted by Crippen LogP contribution is 2.38. The number of carbonyl (C=O) groups excluding carboxylic acids is 1. The Bertz CT molecular complexity index is 998. The van der Waals surface area contributed by atoms with Gasteiger partial charge in [-0.05, 0) is 18.2 Å². The van der Waals surface area contributed by atoms with Gasteiger partial charge in [0.25, 0.3) is 5.89 Å². The summed E-state index contributed by atoms with van der Waals surface area (Å²) in [6, 6.07) is 9.73. The summed E-state index contributed by atoms with van der Waals surface area (Å²) < 4.78 is 62.1. The van der Waals surface area contributed by atoms with E-state index in [1.165, 1.54) is 6.07 Å². The number of ether oxygens (including phenoxy) is 1. The predicted octanol–water partition coefficient (Wildman–Crippen LogP) is 5.36. The average molecular weight is 407 g/mol. The fourth-order valence-corrected chi connectivity index (χ4v) is 2.63. The Morgan fingerprint density at radius 3 is 2.41 bits per heavy atom. The van der Waals surface area contributed by atoms with Gasteiger partial charge >= 0.3 is 6.18 Å². The minimum atomic E-state index is -4.70. The van der Waals surface area contributed by atoms with Gasteiger partial charge in [0.15, 0.2) is 5.78 Å². The number of Topliss-reactive ketones (excluding diaryl/α,β-unsaturated/α-hetero) is 1. The van der Waals surface area contributed by atoms with E-state index in [9.17, 15) is 22.4 Å². The fraction of sp³-hybridized carbons (Fsp3) is 0.250. The van der Waals surface area contributed by atoms with Gasteiger partial charge in [-0.2, -0.15) is 18.2 Å². The molecule has 0 unspecified atom stereocenters. The Kier molecular flexibility index (Phi) is 5.95. The summed E-state index contributed by atoms with van der Waals surface area (Å²) in [6.45, 7) is 0.364. The van der Waals surface area contributed by atoms with E-state index in [2.05, 4.69) is 10.1 Å². The maximum absolute atomic E-state index is 13.3. The van der Waals surface area contributed by atoms with Crippen molar-refractivity contribution < 1.29 is 31.6 Å². The summed E-state index contributed by atoms with van der Waals surface area (Å²) in [5.41, 5.74) is 0.0670. The van der Waals surface area contributed by atoms with Gasteiger partial charge in [0.1, 0.15) is 19.0 Å². The first-order chi connectivity index (χ1) is 13.8. The number of ketones is 1. The Morgan fingerprint density at radius 2 is 1.79 bits per heavy atom. The molecule has 9 heteroatoms. The van der Waals surface area contributed by atoms with E-state index in [1.807, 2.05) is 0 Å². The molecule has 0 amide bonds. The van der Waals surface area contributed by atoms with E-state index >= 15 is 0 Å². The zero-order valence-corrected chi connectivity index (χ0v) is 15.3. The highest BCUT2D eigenvalue weighted by Gasteiger charge is 2.35. The molecule has 29 heavy (non-hydrogen) atoms. The molecule has 152 valence electrons. The molecule has 0 saturated carbocycles. The van der Waals surface area contributed by atoms with Gasteiger partial charge in [0, 0.05) is 23.1 Å². The van der Waals surface area contributed by atoms with Crippen LogP contribution < -0.4 is 4.74 Å². The first kappa shape index (κ1) is 20.5. The second kappa shape index (κ2) is 8.42. The molecule has 5 nitrogen and oxygen atoms in total. The normalized spacial score (nSPS) is 11.5. The van der Waals surface area contributed by atoms with Gasteiger partial charge in [-0.15, -0.1) is 0 Å². The third-order valence-electron chi connectivity index (χ3n) is 4.08. The van der Waals surface area contributed by atoms with Crippen LogP contribution in [0.1, 0.15) is 29.3 Å². The van der Waals surface area contributed by atoms with Gasteiger partial charge in [-0.3, -0.25) is 4.79 Å². The summed E-state index contributed by atoms with van der Waals surface area (Å²) >= 11 is 0. The number of rotatable bonds is 7. The van der Waals surface area contributed by atoms with Gasteiger partial charge in [-0.1, -0.05) is 36.3 Å².